The Morgan fingerprint density at radius 2 is 0.778 bits per heavy atom. The van der Waals surface area contributed by atoms with Crippen molar-refractivity contribution in [1.82, 2.24) is 4.57 Å². The fraction of sp³-hybridized carbons (Fsp3) is 0. The number of benzene rings is 10. The number of aromatic nitrogens is 1. The average Bonchev–Trinajstić information content (AvgIpc) is 3.91. The molecule has 0 fully saturated rings. The zero-order chi connectivity index (χ0) is 41.7. The standard InChI is InChI=1S/C60H40N2S/c1-3-16-41(17-4-1)43-30-34-45(35-31-43)61(46-36-32-44(33-37-46)42-18-5-2-6-19-42)47-38-39-48(54(40-47)52-24-15-29-59-60(52)53-23-10-14-28-58(53)63-59)49-20-7-11-25-55(49)62-56-26-12-8-21-50(56)51-22-9-13-27-57(51)62/h1-40H. The third-order valence-corrected chi connectivity index (χ3v) is 13.6. The van der Waals surface area contributed by atoms with Crippen LogP contribution in [0.1, 0.15) is 0 Å². The summed E-state index contributed by atoms with van der Waals surface area (Å²) in [7, 11) is 0. The highest BCUT2D eigenvalue weighted by Gasteiger charge is 2.22. The Balaban J connectivity index is 1.11. The first-order valence-electron chi connectivity index (χ1n) is 21.5. The Morgan fingerprint density at radius 3 is 1.41 bits per heavy atom. The molecule has 0 atom stereocenters. The minimum absolute atomic E-state index is 1.08. The van der Waals surface area contributed by atoms with E-state index >= 15 is 0 Å². The van der Waals surface area contributed by atoms with E-state index in [1.807, 2.05) is 11.3 Å². The minimum Gasteiger partial charge on any atom is -0.310 e. The molecule has 3 heteroatoms. The molecule has 0 saturated carbocycles. The van der Waals surface area contributed by atoms with Crippen molar-refractivity contribution in [2.45, 2.75) is 0 Å². The summed E-state index contributed by atoms with van der Waals surface area (Å²) in [6, 6.07) is 88.5. The van der Waals surface area contributed by atoms with Gasteiger partial charge in [0.25, 0.3) is 0 Å². The Kier molecular flexibility index (Phi) is 9.06. The summed E-state index contributed by atoms with van der Waals surface area (Å²) >= 11 is 1.86. The topological polar surface area (TPSA) is 8.17 Å². The lowest BCUT2D eigenvalue weighted by molar-refractivity contribution is 1.18. The summed E-state index contributed by atoms with van der Waals surface area (Å²) in [5, 5.41) is 5.07. The molecule has 0 amide bonds. The van der Waals surface area contributed by atoms with Gasteiger partial charge in [-0.05, 0) is 106 Å². The molecule has 296 valence electrons. The van der Waals surface area contributed by atoms with Crippen LogP contribution in [0.2, 0.25) is 0 Å². The lowest BCUT2D eigenvalue weighted by Gasteiger charge is -2.27. The van der Waals surface area contributed by atoms with Crippen LogP contribution in [0, 0.1) is 0 Å². The summed E-state index contributed by atoms with van der Waals surface area (Å²) < 4.78 is 5.03. The van der Waals surface area contributed by atoms with Gasteiger partial charge in [0.1, 0.15) is 0 Å². The van der Waals surface area contributed by atoms with Crippen molar-refractivity contribution in [3.63, 3.8) is 0 Å². The molecule has 0 N–H and O–H groups in total. The Labute approximate surface area is 370 Å². The average molecular weight is 821 g/mol. The van der Waals surface area contributed by atoms with Gasteiger partial charge in [0, 0.05) is 53.6 Å². The van der Waals surface area contributed by atoms with Gasteiger partial charge in [-0.25, -0.2) is 0 Å². The fourth-order valence-electron chi connectivity index (χ4n) is 9.52. The van der Waals surface area contributed by atoms with Crippen molar-refractivity contribution in [2.24, 2.45) is 0 Å². The lowest BCUT2D eigenvalue weighted by atomic mass is 9.90. The fourth-order valence-corrected chi connectivity index (χ4v) is 10.7. The van der Waals surface area contributed by atoms with Gasteiger partial charge in [0.2, 0.25) is 0 Å². The highest BCUT2D eigenvalue weighted by molar-refractivity contribution is 7.25. The first-order valence-corrected chi connectivity index (χ1v) is 22.3. The second-order valence-electron chi connectivity index (χ2n) is 16.1. The van der Waals surface area contributed by atoms with Crippen LogP contribution < -0.4 is 4.90 Å². The van der Waals surface area contributed by atoms with E-state index < -0.39 is 0 Å². The van der Waals surface area contributed by atoms with Crippen LogP contribution in [0.15, 0.2) is 243 Å². The summed E-state index contributed by atoms with van der Waals surface area (Å²) in [6.07, 6.45) is 0. The number of hydrogen-bond donors (Lipinski definition) is 0. The molecular weight excluding hydrogens is 781 g/mol. The van der Waals surface area contributed by atoms with E-state index in [4.69, 9.17) is 0 Å². The van der Waals surface area contributed by atoms with Gasteiger partial charge in [-0.15, -0.1) is 11.3 Å². The summed E-state index contributed by atoms with van der Waals surface area (Å²) in [5.41, 5.74) is 16.3. The van der Waals surface area contributed by atoms with E-state index in [0.29, 0.717) is 0 Å². The number of fused-ring (bicyclic) bond motifs is 6. The third kappa shape index (κ3) is 6.41. The van der Waals surface area contributed by atoms with E-state index in [1.165, 1.54) is 86.5 Å². The second kappa shape index (κ2) is 15.5. The van der Waals surface area contributed by atoms with Crippen molar-refractivity contribution in [2.75, 3.05) is 4.90 Å². The molecule has 0 radical (unpaired) electrons. The summed E-state index contributed by atoms with van der Waals surface area (Å²) in [5.74, 6) is 0. The first-order chi connectivity index (χ1) is 31.3. The normalized spacial score (nSPS) is 11.5. The van der Waals surface area contributed by atoms with Crippen LogP contribution in [0.4, 0.5) is 17.1 Å². The Hall–Kier alpha value is -7.98. The summed E-state index contributed by atoms with van der Waals surface area (Å²) in [6.45, 7) is 0. The van der Waals surface area contributed by atoms with Crippen LogP contribution in [0.25, 0.3) is 92.2 Å². The van der Waals surface area contributed by atoms with Gasteiger partial charge >= 0.3 is 0 Å². The third-order valence-electron chi connectivity index (χ3n) is 12.4. The molecule has 12 rings (SSSR count). The molecule has 12 aromatic rings. The molecular formula is C60H40N2S. The maximum atomic E-state index is 2.45. The number of hydrogen-bond acceptors (Lipinski definition) is 2. The zero-order valence-electron chi connectivity index (χ0n) is 34.4. The molecule has 2 heterocycles. The van der Waals surface area contributed by atoms with E-state index in [2.05, 4.69) is 252 Å². The Morgan fingerprint density at radius 1 is 0.302 bits per heavy atom. The van der Waals surface area contributed by atoms with Crippen molar-refractivity contribution in [3.05, 3.63) is 243 Å². The number of anilines is 3. The highest BCUT2D eigenvalue weighted by Crippen LogP contribution is 2.47. The molecule has 0 bridgehead atoms. The SMILES string of the molecule is c1ccc(-c2ccc(N(c3ccc(-c4ccccc4)cc3)c3ccc(-c4ccccc4-n4c5ccccc5c5ccccc54)c(-c4cccc5sc6ccccc6c45)c3)cc2)cc1. The molecule has 0 saturated heterocycles. The molecule has 2 aromatic heterocycles. The molecule has 0 aliphatic heterocycles. The Bertz CT molecular complexity index is 3470. The smallest absolute Gasteiger partial charge is 0.0541 e. The molecule has 0 spiro atoms. The molecule has 0 unspecified atom stereocenters. The lowest BCUT2D eigenvalue weighted by Crippen LogP contribution is -2.10. The van der Waals surface area contributed by atoms with Gasteiger partial charge in [0.05, 0.1) is 16.7 Å². The first kappa shape index (κ1) is 36.8. The van der Waals surface area contributed by atoms with E-state index in [9.17, 15) is 0 Å². The van der Waals surface area contributed by atoms with Crippen molar-refractivity contribution in [3.8, 4) is 50.2 Å². The van der Waals surface area contributed by atoms with Crippen molar-refractivity contribution in [1.29, 1.82) is 0 Å². The van der Waals surface area contributed by atoms with E-state index in [-0.39, 0.29) is 0 Å². The van der Waals surface area contributed by atoms with Crippen LogP contribution in [0.5, 0.6) is 0 Å². The van der Waals surface area contributed by atoms with Gasteiger partial charge in [-0.1, -0.05) is 176 Å². The van der Waals surface area contributed by atoms with Gasteiger partial charge in [0.15, 0.2) is 0 Å². The largest absolute Gasteiger partial charge is 0.310 e. The van der Waals surface area contributed by atoms with Crippen molar-refractivity contribution < 1.29 is 0 Å². The molecule has 2 nitrogen and oxygen atoms in total. The maximum absolute atomic E-state index is 2.45. The number of rotatable bonds is 8. The van der Waals surface area contributed by atoms with Crippen LogP contribution in [-0.4, -0.2) is 4.57 Å². The van der Waals surface area contributed by atoms with Gasteiger partial charge < -0.3 is 9.47 Å². The number of thiophene rings is 1. The van der Waals surface area contributed by atoms with E-state index in [0.717, 1.165) is 22.7 Å². The predicted octanol–water partition coefficient (Wildman–Crippen LogP) is 17.3. The quantitative estimate of drug-likeness (QED) is 0.148. The highest BCUT2D eigenvalue weighted by atomic mass is 32.1. The van der Waals surface area contributed by atoms with E-state index in [1.54, 1.807) is 0 Å². The monoisotopic (exact) mass is 820 g/mol. The minimum atomic E-state index is 1.08. The van der Waals surface area contributed by atoms with Crippen LogP contribution >= 0.6 is 11.3 Å². The van der Waals surface area contributed by atoms with Crippen LogP contribution in [0.3, 0.4) is 0 Å². The molecule has 0 aliphatic carbocycles. The zero-order valence-corrected chi connectivity index (χ0v) is 35.2. The molecule has 63 heavy (non-hydrogen) atoms. The molecule has 10 aromatic carbocycles. The summed E-state index contributed by atoms with van der Waals surface area (Å²) in [4.78, 5) is 2.40. The second-order valence-corrected chi connectivity index (χ2v) is 17.1. The van der Waals surface area contributed by atoms with Gasteiger partial charge in [-0.3, -0.25) is 0 Å². The van der Waals surface area contributed by atoms with Gasteiger partial charge in [-0.2, -0.15) is 0 Å². The number of para-hydroxylation sites is 3. The predicted molar refractivity (Wildman–Crippen MR) is 270 cm³/mol. The van der Waals surface area contributed by atoms with Crippen LogP contribution in [-0.2, 0) is 0 Å². The maximum Gasteiger partial charge on any atom is 0.0541 e. The number of nitrogens with zero attached hydrogens (tertiary/aromatic N) is 2. The van der Waals surface area contributed by atoms with Crippen molar-refractivity contribution >= 4 is 70.4 Å². The molecule has 0 aliphatic rings.